The average molecular weight is 273 g/mol. The van der Waals surface area contributed by atoms with Crippen LogP contribution in [-0.4, -0.2) is 34.9 Å². The van der Waals surface area contributed by atoms with Crippen LogP contribution in [0.2, 0.25) is 5.02 Å². The van der Waals surface area contributed by atoms with Crippen LogP contribution in [0.15, 0.2) is 18.2 Å². The van der Waals surface area contributed by atoms with E-state index in [1.807, 2.05) is 0 Å². The number of hydrogen-bond donors (Lipinski definition) is 4. The minimum atomic E-state index is -1.34. The molecule has 1 atom stereocenters. The van der Waals surface area contributed by atoms with Gasteiger partial charge in [-0.05, 0) is 24.6 Å². The third-order valence-electron chi connectivity index (χ3n) is 2.23. The Balaban J connectivity index is 2.70. The van der Waals surface area contributed by atoms with Gasteiger partial charge in [0.15, 0.2) is 6.04 Å². The molecule has 1 aromatic carbocycles. The van der Waals surface area contributed by atoms with Gasteiger partial charge in [0.05, 0.1) is 6.61 Å². The second-order valence-electron chi connectivity index (χ2n) is 3.63. The van der Waals surface area contributed by atoms with Gasteiger partial charge < -0.3 is 20.8 Å². The number of anilines is 1. The van der Waals surface area contributed by atoms with E-state index in [0.717, 1.165) is 5.56 Å². The zero-order valence-electron chi connectivity index (χ0n) is 9.61. The number of aliphatic hydroxyl groups is 1. The normalized spacial score (nSPS) is 11.7. The third-order valence-corrected chi connectivity index (χ3v) is 2.47. The molecule has 18 heavy (non-hydrogen) atoms. The Bertz CT molecular complexity index is 464. The molecule has 0 heterocycles. The Morgan fingerprint density at radius 1 is 1.44 bits per heavy atom. The zero-order valence-corrected chi connectivity index (χ0v) is 10.4. The fraction of sp³-hybridized carbons (Fsp3) is 0.273. The highest BCUT2D eigenvalue weighted by Gasteiger charge is 2.18. The van der Waals surface area contributed by atoms with Crippen LogP contribution < -0.4 is 10.6 Å². The Morgan fingerprint density at radius 3 is 2.67 bits per heavy atom. The lowest BCUT2D eigenvalue weighted by Crippen LogP contribution is -2.45. The van der Waals surface area contributed by atoms with Crippen molar-refractivity contribution in [2.75, 3.05) is 11.9 Å². The van der Waals surface area contributed by atoms with E-state index in [-0.39, 0.29) is 0 Å². The minimum absolute atomic E-state index is 0.452. The average Bonchev–Trinajstić information content (AvgIpc) is 2.30. The van der Waals surface area contributed by atoms with E-state index < -0.39 is 24.6 Å². The molecule has 6 nitrogen and oxygen atoms in total. The Kier molecular flexibility index (Phi) is 4.94. The minimum Gasteiger partial charge on any atom is -0.480 e. The second kappa shape index (κ2) is 6.23. The molecule has 0 spiro atoms. The number of carbonyl (C=O) groups is 2. The van der Waals surface area contributed by atoms with Crippen molar-refractivity contribution >= 4 is 29.3 Å². The van der Waals surface area contributed by atoms with Crippen molar-refractivity contribution in [2.45, 2.75) is 13.0 Å². The van der Waals surface area contributed by atoms with Gasteiger partial charge in [0, 0.05) is 10.7 Å². The lowest BCUT2D eigenvalue weighted by atomic mass is 10.2. The molecule has 0 radical (unpaired) electrons. The van der Waals surface area contributed by atoms with Crippen molar-refractivity contribution in [1.82, 2.24) is 5.32 Å². The number of hydrogen-bond acceptors (Lipinski definition) is 3. The highest BCUT2D eigenvalue weighted by atomic mass is 35.5. The number of aliphatic carboxylic acids is 1. The van der Waals surface area contributed by atoms with Gasteiger partial charge in [0.1, 0.15) is 0 Å². The summed E-state index contributed by atoms with van der Waals surface area (Å²) in [4.78, 5) is 22.1. The first-order chi connectivity index (χ1) is 8.43. The number of rotatable bonds is 4. The SMILES string of the molecule is Cc1ccc(Cl)cc1NC(=O)N[C@@H](CO)C(=O)O. The van der Waals surface area contributed by atoms with Crippen molar-refractivity contribution < 1.29 is 19.8 Å². The Labute approximate surface area is 109 Å². The van der Waals surface area contributed by atoms with E-state index in [4.69, 9.17) is 21.8 Å². The van der Waals surface area contributed by atoms with E-state index >= 15 is 0 Å². The highest BCUT2D eigenvalue weighted by molar-refractivity contribution is 6.31. The van der Waals surface area contributed by atoms with Crippen LogP contribution in [0, 0.1) is 6.92 Å². The molecule has 0 aliphatic carbocycles. The number of amides is 2. The van der Waals surface area contributed by atoms with Gasteiger partial charge in [-0.15, -0.1) is 0 Å². The van der Waals surface area contributed by atoms with Gasteiger partial charge in [-0.25, -0.2) is 9.59 Å². The maximum atomic E-state index is 11.5. The van der Waals surface area contributed by atoms with Crippen LogP contribution in [0.1, 0.15) is 5.56 Å². The number of urea groups is 1. The van der Waals surface area contributed by atoms with E-state index in [1.54, 1.807) is 25.1 Å². The summed E-state index contributed by atoms with van der Waals surface area (Å²) in [5, 5.41) is 22.5. The molecule has 0 aromatic heterocycles. The molecule has 0 saturated carbocycles. The monoisotopic (exact) mass is 272 g/mol. The molecule has 0 saturated heterocycles. The second-order valence-corrected chi connectivity index (χ2v) is 4.07. The van der Waals surface area contributed by atoms with Crippen LogP contribution >= 0.6 is 11.6 Å². The fourth-order valence-corrected chi connectivity index (χ4v) is 1.40. The van der Waals surface area contributed by atoms with Crippen LogP contribution in [0.3, 0.4) is 0 Å². The van der Waals surface area contributed by atoms with Gasteiger partial charge in [-0.1, -0.05) is 17.7 Å². The number of aryl methyl sites for hydroxylation is 1. The molecule has 0 bridgehead atoms. The summed E-state index contributed by atoms with van der Waals surface area (Å²) in [6.45, 7) is 1.09. The predicted octanol–water partition coefficient (Wildman–Crippen LogP) is 1.22. The number of aliphatic hydroxyl groups excluding tert-OH is 1. The van der Waals surface area contributed by atoms with Crippen LogP contribution in [-0.2, 0) is 4.79 Å². The molecular formula is C11H13ClN2O4. The quantitative estimate of drug-likeness (QED) is 0.662. The summed E-state index contributed by atoms with van der Waals surface area (Å²) in [5.41, 5.74) is 1.26. The number of benzene rings is 1. The molecule has 0 aliphatic rings. The molecule has 7 heteroatoms. The maximum absolute atomic E-state index is 11.5. The Hall–Kier alpha value is -1.79. The molecule has 0 fully saturated rings. The lowest BCUT2D eigenvalue weighted by molar-refractivity contribution is -0.140. The van der Waals surface area contributed by atoms with Crippen LogP contribution in [0.25, 0.3) is 0 Å². The number of carboxylic acid groups (broad SMARTS) is 1. The van der Waals surface area contributed by atoms with E-state index in [9.17, 15) is 9.59 Å². The Morgan fingerprint density at radius 2 is 2.11 bits per heavy atom. The molecular weight excluding hydrogens is 260 g/mol. The molecule has 0 aliphatic heterocycles. The molecule has 4 N–H and O–H groups in total. The van der Waals surface area contributed by atoms with Gasteiger partial charge in [0.2, 0.25) is 0 Å². The van der Waals surface area contributed by atoms with E-state index in [2.05, 4.69) is 10.6 Å². The lowest BCUT2D eigenvalue weighted by Gasteiger charge is -2.14. The molecule has 98 valence electrons. The maximum Gasteiger partial charge on any atom is 0.328 e. The number of carboxylic acids is 1. The van der Waals surface area contributed by atoms with Crippen molar-refractivity contribution in [3.8, 4) is 0 Å². The van der Waals surface area contributed by atoms with Gasteiger partial charge >= 0.3 is 12.0 Å². The molecule has 2 amide bonds. The zero-order chi connectivity index (χ0) is 13.7. The summed E-state index contributed by atoms with van der Waals surface area (Å²) in [7, 11) is 0. The number of carbonyl (C=O) groups excluding carboxylic acids is 1. The fourth-order valence-electron chi connectivity index (χ4n) is 1.23. The summed E-state index contributed by atoms with van der Waals surface area (Å²) in [6, 6.07) is 2.88. The van der Waals surface area contributed by atoms with Gasteiger partial charge in [-0.3, -0.25) is 0 Å². The predicted molar refractivity (Wildman–Crippen MR) is 66.9 cm³/mol. The smallest absolute Gasteiger partial charge is 0.328 e. The summed E-state index contributed by atoms with van der Waals surface area (Å²) < 4.78 is 0. The van der Waals surface area contributed by atoms with Gasteiger partial charge in [0.25, 0.3) is 0 Å². The van der Waals surface area contributed by atoms with E-state index in [1.165, 1.54) is 0 Å². The summed E-state index contributed by atoms with van der Waals surface area (Å²) in [6.07, 6.45) is 0. The van der Waals surface area contributed by atoms with Crippen molar-refractivity contribution in [1.29, 1.82) is 0 Å². The van der Waals surface area contributed by atoms with Crippen molar-refractivity contribution in [3.63, 3.8) is 0 Å². The standard InChI is InChI=1S/C11H13ClN2O4/c1-6-2-3-7(12)4-8(6)13-11(18)14-9(5-15)10(16)17/h2-4,9,15H,5H2,1H3,(H,16,17)(H2,13,14,18)/t9-/m0/s1. The summed E-state index contributed by atoms with van der Waals surface area (Å²) in [5.74, 6) is -1.31. The third kappa shape index (κ3) is 3.90. The largest absolute Gasteiger partial charge is 0.480 e. The molecule has 1 rings (SSSR count). The van der Waals surface area contributed by atoms with Crippen molar-refractivity contribution in [2.24, 2.45) is 0 Å². The number of nitrogens with one attached hydrogen (secondary N) is 2. The summed E-state index contributed by atoms with van der Waals surface area (Å²) >= 11 is 5.78. The first-order valence-corrected chi connectivity index (χ1v) is 5.49. The first kappa shape index (κ1) is 14.3. The van der Waals surface area contributed by atoms with E-state index in [0.29, 0.717) is 10.7 Å². The molecule has 0 unspecified atom stereocenters. The number of halogens is 1. The van der Waals surface area contributed by atoms with Crippen molar-refractivity contribution in [3.05, 3.63) is 28.8 Å². The van der Waals surface area contributed by atoms with Crippen LogP contribution in [0.5, 0.6) is 0 Å². The first-order valence-electron chi connectivity index (χ1n) is 5.11. The van der Waals surface area contributed by atoms with Crippen LogP contribution in [0.4, 0.5) is 10.5 Å². The van der Waals surface area contributed by atoms with Gasteiger partial charge in [-0.2, -0.15) is 0 Å². The topological polar surface area (TPSA) is 98.7 Å². The molecule has 1 aromatic rings. The highest BCUT2D eigenvalue weighted by Crippen LogP contribution is 2.19.